The van der Waals surface area contributed by atoms with E-state index >= 15 is 0 Å². The Morgan fingerprint density at radius 2 is 1.60 bits per heavy atom. The Kier molecular flexibility index (Phi) is 2.11. The summed E-state index contributed by atoms with van der Waals surface area (Å²) in [6, 6.07) is 12.0. The molecule has 0 aliphatic rings. The van der Waals surface area contributed by atoms with Crippen LogP contribution in [0.25, 0.3) is 21.9 Å². The van der Waals surface area contributed by atoms with Gasteiger partial charge >= 0.3 is 0 Å². The minimum atomic E-state index is 0.894. The van der Waals surface area contributed by atoms with E-state index in [1.807, 2.05) is 30.3 Å². The fourth-order valence-electron chi connectivity index (χ4n) is 1.76. The lowest BCUT2D eigenvalue weighted by atomic mass is 10.2. The summed E-state index contributed by atoms with van der Waals surface area (Å²) in [5.74, 6) is 0. The molecule has 15 heavy (non-hydrogen) atoms. The van der Waals surface area contributed by atoms with Crippen molar-refractivity contribution in [3.8, 4) is 0 Å². The highest BCUT2D eigenvalue weighted by molar-refractivity contribution is 9.11. The van der Waals surface area contributed by atoms with E-state index in [4.69, 9.17) is 4.42 Å². The minimum Gasteiger partial charge on any atom is -0.455 e. The number of halogens is 2. The van der Waals surface area contributed by atoms with E-state index in [0.717, 1.165) is 30.9 Å². The number of furan rings is 1. The lowest BCUT2D eigenvalue weighted by Crippen LogP contribution is -1.70. The summed E-state index contributed by atoms with van der Waals surface area (Å²) in [6.45, 7) is 0. The van der Waals surface area contributed by atoms with Gasteiger partial charge in [-0.1, -0.05) is 34.1 Å². The highest BCUT2D eigenvalue weighted by atomic mass is 79.9. The van der Waals surface area contributed by atoms with E-state index in [0.29, 0.717) is 0 Å². The molecule has 0 N–H and O–H groups in total. The van der Waals surface area contributed by atoms with Crippen molar-refractivity contribution >= 4 is 53.8 Å². The van der Waals surface area contributed by atoms with Crippen LogP contribution >= 0.6 is 31.9 Å². The van der Waals surface area contributed by atoms with Crippen LogP contribution in [0.15, 0.2) is 49.8 Å². The van der Waals surface area contributed by atoms with Gasteiger partial charge in [0, 0.05) is 15.2 Å². The third-order valence-corrected chi connectivity index (χ3v) is 3.71. The Morgan fingerprint density at radius 3 is 2.47 bits per heavy atom. The second-order valence-corrected chi connectivity index (χ2v) is 5.04. The van der Waals surface area contributed by atoms with Crippen LogP contribution in [-0.4, -0.2) is 0 Å². The predicted octanol–water partition coefficient (Wildman–Crippen LogP) is 5.11. The largest absolute Gasteiger partial charge is 0.455 e. The van der Waals surface area contributed by atoms with Crippen molar-refractivity contribution in [2.75, 3.05) is 0 Å². The third kappa shape index (κ3) is 1.34. The highest BCUT2D eigenvalue weighted by Crippen LogP contribution is 2.37. The Labute approximate surface area is 103 Å². The normalized spacial score (nSPS) is 11.3. The average Bonchev–Trinajstić information content (AvgIpc) is 2.64. The van der Waals surface area contributed by atoms with Gasteiger partial charge in [0.15, 0.2) is 5.58 Å². The fourth-order valence-corrected chi connectivity index (χ4v) is 2.69. The molecule has 0 saturated heterocycles. The second kappa shape index (κ2) is 3.35. The molecular formula is C12H6Br2O. The summed E-state index contributed by atoms with van der Waals surface area (Å²) in [5, 5.41) is 2.26. The third-order valence-electron chi connectivity index (χ3n) is 2.43. The lowest BCUT2D eigenvalue weighted by molar-refractivity contribution is 0.666. The molecule has 3 aromatic rings. The Hall–Kier alpha value is -0.800. The van der Waals surface area contributed by atoms with Crippen molar-refractivity contribution in [1.29, 1.82) is 0 Å². The van der Waals surface area contributed by atoms with Gasteiger partial charge in [0.2, 0.25) is 0 Å². The number of para-hydroxylation sites is 1. The minimum absolute atomic E-state index is 0.894. The first-order valence-corrected chi connectivity index (χ1v) is 6.11. The Balaban J connectivity index is 2.66. The van der Waals surface area contributed by atoms with Crippen LogP contribution < -0.4 is 0 Å². The SMILES string of the molecule is Brc1ccc(Br)c2c1oc1ccccc12. The molecule has 1 aromatic heterocycles. The summed E-state index contributed by atoms with van der Waals surface area (Å²) in [6.07, 6.45) is 0. The molecule has 0 atom stereocenters. The zero-order chi connectivity index (χ0) is 10.4. The van der Waals surface area contributed by atoms with Crippen LogP contribution in [-0.2, 0) is 0 Å². The van der Waals surface area contributed by atoms with Crippen molar-refractivity contribution in [3.63, 3.8) is 0 Å². The molecular weight excluding hydrogens is 320 g/mol. The smallest absolute Gasteiger partial charge is 0.150 e. The van der Waals surface area contributed by atoms with Gasteiger partial charge in [-0.15, -0.1) is 0 Å². The van der Waals surface area contributed by atoms with E-state index in [1.165, 1.54) is 0 Å². The van der Waals surface area contributed by atoms with Crippen LogP contribution in [0.4, 0.5) is 0 Å². The van der Waals surface area contributed by atoms with Crippen molar-refractivity contribution in [3.05, 3.63) is 45.3 Å². The van der Waals surface area contributed by atoms with Gasteiger partial charge < -0.3 is 4.42 Å². The monoisotopic (exact) mass is 324 g/mol. The number of rotatable bonds is 0. The van der Waals surface area contributed by atoms with Gasteiger partial charge in [-0.2, -0.15) is 0 Å². The van der Waals surface area contributed by atoms with Crippen molar-refractivity contribution < 1.29 is 4.42 Å². The molecule has 0 aliphatic carbocycles. The van der Waals surface area contributed by atoms with E-state index in [9.17, 15) is 0 Å². The van der Waals surface area contributed by atoms with Gasteiger partial charge in [-0.05, 0) is 34.1 Å². The van der Waals surface area contributed by atoms with Crippen molar-refractivity contribution in [2.45, 2.75) is 0 Å². The quantitative estimate of drug-likeness (QED) is 0.559. The maximum Gasteiger partial charge on any atom is 0.150 e. The summed E-state index contributed by atoms with van der Waals surface area (Å²) in [4.78, 5) is 0. The van der Waals surface area contributed by atoms with Crippen LogP contribution in [0.3, 0.4) is 0 Å². The average molecular weight is 326 g/mol. The molecule has 0 spiro atoms. The summed E-state index contributed by atoms with van der Waals surface area (Å²) in [5.41, 5.74) is 1.81. The van der Waals surface area contributed by atoms with Crippen LogP contribution in [0, 0.1) is 0 Å². The molecule has 0 aliphatic heterocycles. The number of fused-ring (bicyclic) bond motifs is 3. The van der Waals surface area contributed by atoms with E-state index in [2.05, 4.69) is 37.9 Å². The number of hydrogen-bond acceptors (Lipinski definition) is 1. The number of hydrogen-bond donors (Lipinski definition) is 0. The molecule has 0 bridgehead atoms. The first kappa shape index (κ1) is 9.43. The van der Waals surface area contributed by atoms with E-state index in [-0.39, 0.29) is 0 Å². The van der Waals surface area contributed by atoms with E-state index in [1.54, 1.807) is 0 Å². The fraction of sp³-hybridized carbons (Fsp3) is 0. The Bertz CT molecular complexity index is 655. The van der Waals surface area contributed by atoms with Gasteiger partial charge in [0.05, 0.1) is 4.47 Å². The lowest BCUT2D eigenvalue weighted by Gasteiger charge is -1.95. The molecule has 0 saturated carbocycles. The van der Waals surface area contributed by atoms with Crippen LogP contribution in [0.5, 0.6) is 0 Å². The van der Waals surface area contributed by atoms with Gasteiger partial charge in [0.1, 0.15) is 5.58 Å². The van der Waals surface area contributed by atoms with Crippen LogP contribution in [0.1, 0.15) is 0 Å². The zero-order valence-corrected chi connectivity index (χ0v) is 10.8. The molecule has 2 aromatic carbocycles. The Morgan fingerprint density at radius 1 is 0.867 bits per heavy atom. The van der Waals surface area contributed by atoms with Crippen molar-refractivity contribution in [1.82, 2.24) is 0 Å². The standard InChI is InChI=1S/C12H6Br2O/c13-8-5-6-9(14)12-11(8)7-3-1-2-4-10(7)15-12/h1-6H. The molecule has 3 rings (SSSR count). The summed E-state index contributed by atoms with van der Waals surface area (Å²) >= 11 is 7.04. The first-order valence-electron chi connectivity index (χ1n) is 4.52. The number of benzene rings is 2. The first-order chi connectivity index (χ1) is 7.27. The predicted molar refractivity (Wildman–Crippen MR) is 69.1 cm³/mol. The maximum atomic E-state index is 5.79. The van der Waals surface area contributed by atoms with Gasteiger partial charge in [0.25, 0.3) is 0 Å². The zero-order valence-electron chi connectivity index (χ0n) is 7.63. The molecule has 0 radical (unpaired) electrons. The van der Waals surface area contributed by atoms with Crippen molar-refractivity contribution in [2.24, 2.45) is 0 Å². The maximum absolute atomic E-state index is 5.79. The molecule has 74 valence electrons. The van der Waals surface area contributed by atoms with E-state index < -0.39 is 0 Å². The molecule has 3 heteroatoms. The topological polar surface area (TPSA) is 13.1 Å². The molecule has 1 nitrogen and oxygen atoms in total. The van der Waals surface area contributed by atoms with Gasteiger partial charge in [-0.25, -0.2) is 0 Å². The van der Waals surface area contributed by atoms with Crippen LogP contribution in [0.2, 0.25) is 0 Å². The highest BCUT2D eigenvalue weighted by Gasteiger charge is 2.11. The molecule has 0 unspecified atom stereocenters. The van der Waals surface area contributed by atoms with Gasteiger partial charge in [-0.3, -0.25) is 0 Å². The molecule has 1 heterocycles. The summed E-state index contributed by atoms with van der Waals surface area (Å²) < 4.78 is 7.83. The second-order valence-electron chi connectivity index (χ2n) is 3.33. The molecule has 0 amide bonds. The molecule has 0 fully saturated rings. The summed E-state index contributed by atoms with van der Waals surface area (Å²) in [7, 11) is 0.